The first-order valence-corrected chi connectivity index (χ1v) is 10.8. The number of carbonyl (C=O) groups excluding carboxylic acids is 1. The minimum atomic E-state index is -0.252. The molecule has 1 saturated heterocycles. The minimum absolute atomic E-state index is 0.0703. The number of amides is 1. The van der Waals surface area contributed by atoms with Crippen LogP contribution in [-0.2, 0) is 4.79 Å². The highest BCUT2D eigenvalue weighted by Crippen LogP contribution is 2.26. The van der Waals surface area contributed by atoms with E-state index >= 15 is 0 Å². The average molecular weight is 452 g/mol. The van der Waals surface area contributed by atoms with Crippen LogP contribution in [-0.4, -0.2) is 64.0 Å². The average Bonchev–Trinajstić information content (AvgIpc) is 3.60. The number of rotatable bonds is 5. The van der Waals surface area contributed by atoms with Crippen LogP contribution in [0.15, 0.2) is 67.3 Å². The van der Waals surface area contributed by atoms with Gasteiger partial charge in [-0.1, -0.05) is 17.3 Å². The highest BCUT2D eigenvalue weighted by atomic mass is 16.2. The lowest BCUT2D eigenvalue weighted by Gasteiger charge is -2.07. The van der Waals surface area contributed by atoms with Crippen molar-refractivity contribution >= 4 is 23.1 Å². The molecule has 1 amide bonds. The molecule has 0 unspecified atom stereocenters. The van der Waals surface area contributed by atoms with E-state index in [1.807, 2.05) is 42.6 Å². The number of nitrogens with zero attached hydrogens (tertiary/aromatic N) is 9. The monoisotopic (exact) mass is 452 g/mol. The summed E-state index contributed by atoms with van der Waals surface area (Å²) in [4.78, 5) is 27.7. The lowest BCUT2D eigenvalue weighted by Crippen LogP contribution is -2.21. The molecule has 0 aliphatic carbocycles. The van der Waals surface area contributed by atoms with Crippen LogP contribution in [0.4, 0.5) is 11.6 Å². The van der Waals surface area contributed by atoms with Gasteiger partial charge in [0.05, 0.1) is 46.6 Å². The van der Waals surface area contributed by atoms with Gasteiger partial charge in [-0.25, -0.2) is 24.1 Å². The largest absolute Gasteiger partial charge is 0.345 e. The van der Waals surface area contributed by atoms with Gasteiger partial charge in [0.25, 0.3) is 0 Å². The number of hydrogen-bond donors (Lipinski definition) is 1. The number of likely N-dealkylation sites (tertiary alicyclic amines) is 1. The van der Waals surface area contributed by atoms with Crippen molar-refractivity contribution in [1.29, 1.82) is 0 Å². The standard InChI is InChI=1S/C23H20N10O/c1-31-12-9-15(22(31)34)19-14-33(30-29-19)21-7-4-5-16(26-21)17-8-10-24-23(27-17)28-18-13-25-32-11-3-2-6-20(18)32/h2-8,10-11,13-15H,9,12H2,1H3,(H,24,27,28)/t15-/m0/s1. The zero-order chi connectivity index (χ0) is 23.1. The molecule has 0 bridgehead atoms. The van der Waals surface area contributed by atoms with E-state index in [1.54, 1.807) is 45.8 Å². The minimum Gasteiger partial charge on any atom is -0.345 e. The molecule has 0 saturated carbocycles. The first kappa shape index (κ1) is 20.0. The molecule has 6 heterocycles. The highest BCUT2D eigenvalue weighted by molar-refractivity contribution is 5.85. The van der Waals surface area contributed by atoms with Crippen molar-refractivity contribution in [2.24, 2.45) is 0 Å². The molecule has 1 atom stereocenters. The Morgan fingerprint density at radius 3 is 2.85 bits per heavy atom. The summed E-state index contributed by atoms with van der Waals surface area (Å²) in [5.41, 5.74) is 3.70. The van der Waals surface area contributed by atoms with Crippen molar-refractivity contribution in [2.45, 2.75) is 12.3 Å². The third-order valence-corrected chi connectivity index (χ3v) is 5.86. The molecule has 0 spiro atoms. The van der Waals surface area contributed by atoms with Gasteiger partial charge in [0.15, 0.2) is 5.82 Å². The SMILES string of the molecule is CN1CC[C@@H](c2cn(-c3cccc(-c4ccnc(Nc5cnn6ccccc56)n4)n3)nn2)C1=O. The van der Waals surface area contributed by atoms with Gasteiger partial charge in [-0.15, -0.1) is 5.10 Å². The second-order valence-electron chi connectivity index (χ2n) is 8.05. The maximum Gasteiger partial charge on any atom is 0.231 e. The molecule has 6 rings (SSSR count). The topological polar surface area (TPSA) is 119 Å². The number of carbonyl (C=O) groups is 1. The quantitative estimate of drug-likeness (QED) is 0.432. The molecule has 1 N–H and O–H groups in total. The van der Waals surface area contributed by atoms with E-state index in [4.69, 9.17) is 4.98 Å². The predicted octanol–water partition coefficient (Wildman–Crippen LogP) is 2.46. The van der Waals surface area contributed by atoms with Crippen LogP contribution in [0.3, 0.4) is 0 Å². The molecular weight excluding hydrogens is 432 g/mol. The molecule has 0 radical (unpaired) electrons. The smallest absolute Gasteiger partial charge is 0.231 e. The van der Waals surface area contributed by atoms with Gasteiger partial charge in [-0.2, -0.15) is 5.10 Å². The van der Waals surface area contributed by atoms with Crippen molar-refractivity contribution in [2.75, 3.05) is 18.9 Å². The summed E-state index contributed by atoms with van der Waals surface area (Å²) >= 11 is 0. The molecular formula is C23H20N10O. The fraction of sp³-hybridized carbons (Fsp3) is 0.174. The van der Waals surface area contributed by atoms with Gasteiger partial charge in [-0.3, -0.25) is 4.79 Å². The summed E-state index contributed by atoms with van der Waals surface area (Å²) in [7, 11) is 1.80. The van der Waals surface area contributed by atoms with Crippen molar-refractivity contribution in [1.82, 2.24) is 44.5 Å². The summed E-state index contributed by atoms with van der Waals surface area (Å²) in [6.07, 6.45) is 7.81. The molecule has 5 aromatic rings. The van der Waals surface area contributed by atoms with Gasteiger partial charge in [-0.05, 0) is 36.8 Å². The van der Waals surface area contributed by atoms with Crippen molar-refractivity contribution in [3.8, 4) is 17.2 Å². The maximum atomic E-state index is 12.3. The van der Waals surface area contributed by atoms with Crippen LogP contribution in [0.2, 0.25) is 0 Å². The van der Waals surface area contributed by atoms with E-state index in [1.165, 1.54) is 0 Å². The predicted molar refractivity (Wildman–Crippen MR) is 124 cm³/mol. The fourth-order valence-corrected chi connectivity index (χ4v) is 4.05. The van der Waals surface area contributed by atoms with Gasteiger partial charge < -0.3 is 10.2 Å². The van der Waals surface area contributed by atoms with E-state index in [2.05, 4.69) is 30.7 Å². The first-order valence-electron chi connectivity index (χ1n) is 10.8. The summed E-state index contributed by atoms with van der Waals surface area (Å²) in [6, 6.07) is 13.2. The summed E-state index contributed by atoms with van der Waals surface area (Å²) < 4.78 is 3.37. The molecule has 168 valence electrons. The lowest BCUT2D eigenvalue weighted by atomic mass is 10.1. The van der Waals surface area contributed by atoms with Gasteiger partial charge in [0.2, 0.25) is 11.9 Å². The Hall–Kier alpha value is -4.67. The Labute approximate surface area is 194 Å². The number of likely N-dealkylation sites (N-methyl/N-ethyl adjacent to an activating group) is 1. The molecule has 11 nitrogen and oxygen atoms in total. The zero-order valence-electron chi connectivity index (χ0n) is 18.3. The Balaban J connectivity index is 1.27. The van der Waals surface area contributed by atoms with Gasteiger partial charge in [0, 0.05) is 26.0 Å². The van der Waals surface area contributed by atoms with Crippen LogP contribution >= 0.6 is 0 Å². The van der Waals surface area contributed by atoms with Crippen LogP contribution in [0.25, 0.3) is 22.7 Å². The van der Waals surface area contributed by atoms with Gasteiger partial charge >= 0.3 is 0 Å². The second kappa shape index (κ2) is 8.03. The highest BCUT2D eigenvalue weighted by Gasteiger charge is 2.32. The van der Waals surface area contributed by atoms with E-state index < -0.39 is 0 Å². The van der Waals surface area contributed by atoms with E-state index in [9.17, 15) is 4.79 Å². The summed E-state index contributed by atoms with van der Waals surface area (Å²) in [6.45, 7) is 0.726. The lowest BCUT2D eigenvalue weighted by molar-refractivity contribution is -0.127. The molecule has 0 aromatic carbocycles. The van der Waals surface area contributed by atoms with Crippen molar-refractivity contribution in [3.05, 3.63) is 72.9 Å². The van der Waals surface area contributed by atoms with E-state index in [0.717, 1.165) is 24.2 Å². The number of pyridine rings is 2. The zero-order valence-corrected chi connectivity index (χ0v) is 18.3. The third-order valence-electron chi connectivity index (χ3n) is 5.86. The fourth-order valence-electron chi connectivity index (χ4n) is 4.05. The van der Waals surface area contributed by atoms with Crippen molar-refractivity contribution < 1.29 is 4.79 Å². The number of hydrogen-bond acceptors (Lipinski definition) is 8. The molecule has 1 fully saturated rings. The maximum absolute atomic E-state index is 12.3. The molecule has 5 aromatic heterocycles. The molecule has 34 heavy (non-hydrogen) atoms. The Bertz CT molecular complexity index is 1510. The summed E-state index contributed by atoms with van der Waals surface area (Å²) in [5, 5.41) is 16.0. The Kier molecular flexibility index (Phi) is 4.72. The number of aromatic nitrogens is 8. The van der Waals surface area contributed by atoms with Crippen LogP contribution in [0.1, 0.15) is 18.0 Å². The third kappa shape index (κ3) is 3.52. The normalized spacial score (nSPS) is 15.9. The van der Waals surface area contributed by atoms with Crippen molar-refractivity contribution in [3.63, 3.8) is 0 Å². The Morgan fingerprint density at radius 1 is 1.06 bits per heavy atom. The summed E-state index contributed by atoms with van der Waals surface area (Å²) in [5.74, 6) is 0.847. The van der Waals surface area contributed by atoms with Gasteiger partial charge in [0.1, 0.15) is 0 Å². The molecule has 11 heteroatoms. The number of anilines is 2. The van der Waals surface area contributed by atoms with Crippen LogP contribution < -0.4 is 5.32 Å². The molecule has 1 aliphatic heterocycles. The Morgan fingerprint density at radius 2 is 1.97 bits per heavy atom. The number of nitrogens with one attached hydrogen (secondary N) is 1. The molecule has 1 aliphatic rings. The van der Waals surface area contributed by atoms with Crippen LogP contribution in [0, 0.1) is 0 Å². The second-order valence-corrected chi connectivity index (χ2v) is 8.05. The number of fused-ring (bicyclic) bond motifs is 1. The van der Waals surface area contributed by atoms with E-state index in [-0.39, 0.29) is 11.8 Å². The first-order chi connectivity index (χ1) is 16.7. The van der Waals surface area contributed by atoms with E-state index in [0.29, 0.717) is 28.8 Å². The van der Waals surface area contributed by atoms with Crippen LogP contribution in [0.5, 0.6) is 0 Å².